The Kier molecular flexibility index (Phi) is 9.85. The van der Waals surface area contributed by atoms with Crippen molar-refractivity contribution in [2.24, 2.45) is 16.8 Å². The van der Waals surface area contributed by atoms with E-state index in [1.807, 2.05) is 35.2 Å². The van der Waals surface area contributed by atoms with Crippen LogP contribution in [0.1, 0.15) is 83.6 Å². The van der Waals surface area contributed by atoms with Crippen molar-refractivity contribution >= 4 is 34.7 Å². The van der Waals surface area contributed by atoms with Crippen LogP contribution >= 0.6 is 0 Å². The van der Waals surface area contributed by atoms with Gasteiger partial charge in [-0.1, -0.05) is 57.7 Å². The van der Waals surface area contributed by atoms with Gasteiger partial charge >= 0.3 is 6.03 Å². The number of hydrogen-bond donors (Lipinski definition) is 2. The molecule has 1 saturated carbocycles. The summed E-state index contributed by atoms with van der Waals surface area (Å²) in [5.74, 6) is 0.378. The van der Waals surface area contributed by atoms with Crippen molar-refractivity contribution < 1.29 is 9.59 Å². The molecule has 3 amide bonds. The Morgan fingerprint density at radius 3 is 2.25 bits per heavy atom. The number of urea groups is 1. The van der Waals surface area contributed by atoms with Gasteiger partial charge in [0.2, 0.25) is 6.17 Å². The zero-order valence-corrected chi connectivity index (χ0v) is 26.6. The van der Waals surface area contributed by atoms with Crippen LogP contribution in [0, 0.1) is 11.8 Å². The Balaban J connectivity index is 1.13. The molecule has 3 heterocycles. The summed E-state index contributed by atoms with van der Waals surface area (Å²) in [6.45, 7) is 9.44. The number of rotatable bonds is 7. The molecule has 44 heavy (non-hydrogen) atoms. The Morgan fingerprint density at radius 1 is 0.864 bits per heavy atom. The van der Waals surface area contributed by atoms with Crippen LogP contribution in [-0.4, -0.2) is 67.5 Å². The molecule has 2 saturated heterocycles. The fourth-order valence-corrected chi connectivity index (χ4v) is 7.62. The highest BCUT2D eigenvalue weighted by atomic mass is 16.2. The van der Waals surface area contributed by atoms with Gasteiger partial charge < -0.3 is 25.3 Å². The predicted molar refractivity (Wildman–Crippen MR) is 180 cm³/mol. The molecule has 3 fully saturated rings. The van der Waals surface area contributed by atoms with E-state index in [4.69, 9.17) is 4.99 Å². The SMILES string of the molecule is CC(C)CN1C(=O)C(NC(=O)Nc2ccc(N3CCC(N4CCCCC4)CC3)cc2)N=C(C2CCCCC2)c2ccccc21. The molecule has 0 bridgehead atoms. The standard InChI is InChI=1S/C36H50N6O2/c1-26(2)25-42-32-14-8-7-13-31(32)33(27-11-5-3-6-12-27)38-34(35(42)43)39-36(44)37-28-15-17-29(18-16-28)41-23-19-30(20-24-41)40-21-9-4-10-22-40/h7-8,13-18,26-27,30,34H,3-6,9-12,19-25H2,1-2H3,(H2,37,39,44). The Bertz CT molecular complexity index is 1300. The van der Waals surface area contributed by atoms with Gasteiger partial charge in [0.1, 0.15) is 0 Å². The summed E-state index contributed by atoms with van der Waals surface area (Å²) >= 11 is 0. The molecule has 0 radical (unpaired) electrons. The van der Waals surface area contributed by atoms with Gasteiger partial charge in [0.05, 0.1) is 11.4 Å². The van der Waals surface area contributed by atoms with E-state index >= 15 is 0 Å². The minimum absolute atomic E-state index is 0.185. The summed E-state index contributed by atoms with van der Waals surface area (Å²) in [7, 11) is 0. The first-order valence-corrected chi connectivity index (χ1v) is 17.1. The summed E-state index contributed by atoms with van der Waals surface area (Å²) in [5.41, 5.74) is 4.77. The van der Waals surface area contributed by atoms with Crippen molar-refractivity contribution in [3.05, 3.63) is 54.1 Å². The van der Waals surface area contributed by atoms with Crippen LogP contribution in [0.2, 0.25) is 0 Å². The maximum atomic E-state index is 14.0. The molecular weight excluding hydrogens is 548 g/mol. The molecule has 236 valence electrons. The van der Waals surface area contributed by atoms with Crippen LogP contribution < -0.4 is 20.4 Å². The number of carbonyl (C=O) groups excluding carboxylic acids is 2. The van der Waals surface area contributed by atoms with Gasteiger partial charge in [-0.3, -0.25) is 9.79 Å². The maximum Gasteiger partial charge on any atom is 0.321 e. The quantitative estimate of drug-likeness (QED) is 0.374. The van der Waals surface area contributed by atoms with Gasteiger partial charge in [0.15, 0.2) is 0 Å². The fraction of sp³-hybridized carbons (Fsp3) is 0.583. The number of amides is 3. The molecule has 2 aromatic carbocycles. The Labute approximate surface area is 263 Å². The number of likely N-dealkylation sites (tertiary alicyclic amines) is 1. The average Bonchev–Trinajstić information content (AvgIpc) is 3.16. The number of fused-ring (bicyclic) bond motifs is 1. The minimum atomic E-state index is -0.974. The first-order chi connectivity index (χ1) is 21.5. The first-order valence-electron chi connectivity index (χ1n) is 17.1. The number of piperidine rings is 2. The van der Waals surface area contributed by atoms with Crippen molar-refractivity contribution in [2.45, 2.75) is 90.3 Å². The number of hydrogen-bond acceptors (Lipinski definition) is 5. The molecule has 3 aliphatic heterocycles. The highest BCUT2D eigenvalue weighted by molar-refractivity contribution is 6.14. The number of aliphatic imine (C=N–C) groups is 1. The van der Waals surface area contributed by atoms with Gasteiger partial charge in [0.25, 0.3) is 5.91 Å². The molecule has 2 N–H and O–H groups in total. The van der Waals surface area contributed by atoms with Crippen molar-refractivity contribution in [1.29, 1.82) is 0 Å². The number of carbonyl (C=O) groups is 2. The van der Waals surface area contributed by atoms with E-state index in [1.165, 1.54) is 70.1 Å². The normalized spacial score (nSPS) is 22.4. The predicted octanol–water partition coefficient (Wildman–Crippen LogP) is 6.66. The van der Waals surface area contributed by atoms with E-state index in [2.05, 4.69) is 52.5 Å². The van der Waals surface area contributed by atoms with Crippen LogP contribution in [0.3, 0.4) is 0 Å². The highest BCUT2D eigenvalue weighted by Gasteiger charge is 2.35. The highest BCUT2D eigenvalue weighted by Crippen LogP contribution is 2.34. The van der Waals surface area contributed by atoms with Crippen molar-refractivity contribution in [1.82, 2.24) is 10.2 Å². The molecule has 0 aromatic heterocycles. The maximum absolute atomic E-state index is 14.0. The van der Waals surface area contributed by atoms with Crippen molar-refractivity contribution in [2.75, 3.05) is 47.8 Å². The molecule has 8 nitrogen and oxygen atoms in total. The third-order valence-electron chi connectivity index (χ3n) is 9.91. The number of nitrogens with one attached hydrogen (secondary N) is 2. The van der Waals surface area contributed by atoms with Gasteiger partial charge in [-0.05, 0) is 87.9 Å². The molecule has 1 aliphatic carbocycles. The molecule has 4 aliphatic rings. The summed E-state index contributed by atoms with van der Waals surface area (Å²) in [4.78, 5) is 39.3. The number of para-hydroxylation sites is 1. The molecular formula is C36H50N6O2. The van der Waals surface area contributed by atoms with Crippen molar-refractivity contribution in [3.8, 4) is 0 Å². The van der Waals surface area contributed by atoms with E-state index < -0.39 is 12.2 Å². The van der Waals surface area contributed by atoms with E-state index in [9.17, 15) is 9.59 Å². The third kappa shape index (κ3) is 7.12. The first kappa shape index (κ1) is 30.6. The van der Waals surface area contributed by atoms with Gasteiger partial charge in [0, 0.05) is 48.5 Å². The average molecular weight is 599 g/mol. The number of benzodiazepines with no additional fused rings is 1. The summed E-state index contributed by atoms with van der Waals surface area (Å²) in [6, 6.07) is 16.5. The second-order valence-corrected chi connectivity index (χ2v) is 13.6. The second-order valence-electron chi connectivity index (χ2n) is 13.6. The lowest BCUT2D eigenvalue weighted by atomic mass is 9.82. The van der Waals surface area contributed by atoms with Crippen LogP contribution in [0.4, 0.5) is 21.9 Å². The third-order valence-corrected chi connectivity index (χ3v) is 9.91. The van der Waals surface area contributed by atoms with E-state index in [0.29, 0.717) is 24.2 Å². The monoisotopic (exact) mass is 598 g/mol. The van der Waals surface area contributed by atoms with Gasteiger partial charge in [-0.15, -0.1) is 0 Å². The molecule has 8 heteroatoms. The number of benzene rings is 2. The Morgan fingerprint density at radius 2 is 1.55 bits per heavy atom. The summed E-state index contributed by atoms with van der Waals surface area (Å²) < 4.78 is 0. The topological polar surface area (TPSA) is 80.3 Å². The minimum Gasteiger partial charge on any atom is -0.371 e. The molecule has 0 spiro atoms. The summed E-state index contributed by atoms with van der Waals surface area (Å²) in [5, 5.41) is 5.90. The van der Waals surface area contributed by atoms with E-state index in [-0.39, 0.29) is 11.8 Å². The van der Waals surface area contributed by atoms with Crippen LogP contribution in [-0.2, 0) is 4.79 Å². The largest absolute Gasteiger partial charge is 0.371 e. The number of nitrogens with zero attached hydrogens (tertiary/aromatic N) is 4. The summed E-state index contributed by atoms with van der Waals surface area (Å²) in [6.07, 6.45) is 11.2. The smallest absolute Gasteiger partial charge is 0.321 e. The zero-order valence-electron chi connectivity index (χ0n) is 26.6. The molecule has 6 rings (SSSR count). The van der Waals surface area contributed by atoms with Gasteiger partial charge in [-0.25, -0.2) is 4.79 Å². The van der Waals surface area contributed by atoms with Crippen LogP contribution in [0.15, 0.2) is 53.5 Å². The lowest BCUT2D eigenvalue weighted by molar-refractivity contribution is -0.120. The van der Waals surface area contributed by atoms with Crippen LogP contribution in [0.5, 0.6) is 0 Å². The zero-order chi connectivity index (χ0) is 30.5. The molecule has 1 atom stereocenters. The Hall–Kier alpha value is -3.39. The second kappa shape index (κ2) is 14.1. The lowest BCUT2D eigenvalue weighted by Crippen LogP contribution is -2.49. The van der Waals surface area contributed by atoms with Crippen molar-refractivity contribution in [3.63, 3.8) is 0 Å². The van der Waals surface area contributed by atoms with Crippen LogP contribution in [0.25, 0.3) is 0 Å². The van der Waals surface area contributed by atoms with E-state index in [1.54, 1.807) is 0 Å². The lowest BCUT2D eigenvalue weighted by Gasteiger charge is -2.41. The van der Waals surface area contributed by atoms with Gasteiger partial charge in [-0.2, -0.15) is 0 Å². The molecule has 1 unspecified atom stereocenters. The molecule has 2 aromatic rings. The number of anilines is 3. The van der Waals surface area contributed by atoms with E-state index in [0.717, 1.165) is 42.9 Å². The fourth-order valence-electron chi connectivity index (χ4n) is 7.62.